The summed E-state index contributed by atoms with van der Waals surface area (Å²) >= 11 is 0. The van der Waals surface area contributed by atoms with E-state index in [-0.39, 0.29) is 11.3 Å². The number of alkyl halides is 3. The molecule has 2 rings (SSSR count). The standard InChI is InChI=1S/C12H9F3N2/c13-12(14,15)11-9(2-1-3-10(11)16)8-4-6-17-7-5-8/h1-7H,16H2. The molecule has 1 aromatic heterocycles. The molecule has 88 valence electrons. The van der Waals surface area contributed by atoms with Crippen LogP contribution in [0.15, 0.2) is 42.7 Å². The Labute approximate surface area is 95.9 Å². The SMILES string of the molecule is Nc1cccc(-c2ccncc2)c1C(F)(F)F. The quantitative estimate of drug-likeness (QED) is 0.774. The predicted octanol–water partition coefficient (Wildman–Crippen LogP) is 3.35. The van der Waals surface area contributed by atoms with Gasteiger partial charge in [0.2, 0.25) is 0 Å². The number of benzene rings is 1. The van der Waals surface area contributed by atoms with Gasteiger partial charge in [-0.15, -0.1) is 0 Å². The van der Waals surface area contributed by atoms with E-state index in [1.165, 1.54) is 42.7 Å². The highest BCUT2D eigenvalue weighted by atomic mass is 19.4. The molecule has 0 fully saturated rings. The number of nitrogens with two attached hydrogens (primary N) is 1. The third kappa shape index (κ3) is 2.22. The van der Waals surface area contributed by atoms with Crippen molar-refractivity contribution in [2.75, 3.05) is 5.73 Å². The van der Waals surface area contributed by atoms with Gasteiger partial charge in [0.1, 0.15) is 0 Å². The summed E-state index contributed by atoms with van der Waals surface area (Å²) in [6.45, 7) is 0. The summed E-state index contributed by atoms with van der Waals surface area (Å²) in [4.78, 5) is 3.77. The van der Waals surface area contributed by atoms with E-state index >= 15 is 0 Å². The molecule has 5 heteroatoms. The lowest BCUT2D eigenvalue weighted by atomic mass is 9.99. The van der Waals surface area contributed by atoms with Crippen LogP contribution in [0.25, 0.3) is 11.1 Å². The molecule has 2 aromatic rings. The maximum atomic E-state index is 12.9. The Morgan fingerprint density at radius 2 is 1.65 bits per heavy atom. The molecule has 1 heterocycles. The molecule has 2 nitrogen and oxygen atoms in total. The van der Waals surface area contributed by atoms with Gasteiger partial charge in [-0.2, -0.15) is 13.2 Å². The van der Waals surface area contributed by atoms with Crippen molar-refractivity contribution < 1.29 is 13.2 Å². The summed E-state index contributed by atoms with van der Waals surface area (Å²) in [6, 6.07) is 7.18. The molecule has 0 aliphatic rings. The van der Waals surface area contributed by atoms with E-state index in [4.69, 9.17) is 5.73 Å². The highest BCUT2D eigenvalue weighted by Gasteiger charge is 2.35. The number of pyridine rings is 1. The van der Waals surface area contributed by atoms with Gasteiger partial charge in [0.05, 0.1) is 5.56 Å². The minimum atomic E-state index is -4.47. The molecule has 17 heavy (non-hydrogen) atoms. The molecule has 0 spiro atoms. The van der Waals surface area contributed by atoms with E-state index in [9.17, 15) is 13.2 Å². The summed E-state index contributed by atoms with van der Waals surface area (Å²) in [5.74, 6) is 0. The first kappa shape index (κ1) is 11.4. The normalized spacial score (nSPS) is 11.5. The van der Waals surface area contributed by atoms with Gasteiger partial charge in [-0.3, -0.25) is 4.98 Å². The van der Waals surface area contributed by atoms with E-state index in [1.54, 1.807) is 0 Å². The van der Waals surface area contributed by atoms with Crippen LogP contribution in [-0.2, 0) is 6.18 Å². The minimum Gasteiger partial charge on any atom is -0.398 e. The van der Waals surface area contributed by atoms with Crippen LogP contribution in [0.4, 0.5) is 18.9 Å². The van der Waals surface area contributed by atoms with Crippen LogP contribution < -0.4 is 5.73 Å². The third-order valence-electron chi connectivity index (χ3n) is 2.37. The van der Waals surface area contributed by atoms with Gasteiger partial charge in [-0.1, -0.05) is 12.1 Å². The molecule has 1 aromatic carbocycles. The van der Waals surface area contributed by atoms with E-state index in [1.807, 2.05) is 0 Å². The number of hydrogen-bond acceptors (Lipinski definition) is 2. The molecule has 0 unspecified atom stereocenters. The molecule has 0 saturated carbocycles. The Morgan fingerprint density at radius 3 is 2.24 bits per heavy atom. The maximum Gasteiger partial charge on any atom is 0.418 e. The predicted molar refractivity (Wildman–Crippen MR) is 59.1 cm³/mol. The highest BCUT2D eigenvalue weighted by Crippen LogP contribution is 2.40. The third-order valence-corrected chi connectivity index (χ3v) is 2.37. The smallest absolute Gasteiger partial charge is 0.398 e. The number of anilines is 1. The fourth-order valence-corrected chi connectivity index (χ4v) is 1.66. The summed E-state index contributed by atoms with van der Waals surface area (Å²) < 4.78 is 38.7. The average Bonchev–Trinajstić information content (AvgIpc) is 2.28. The Kier molecular flexibility index (Phi) is 2.75. The second-order valence-electron chi connectivity index (χ2n) is 3.50. The Balaban J connectivity index is 2.67. The Morgan fingerprint density at radius 1 is 1.00 bits per heavy atom. The molecule has 2 N–H and O–H groups in total. The van der Waals surface area contributed by atoms with Gasteiger partial charge < -0.3 is 5.73 Å². The molecule has 0 bridgehead atoms. The Bertz CT molecular complexity index is 521. The number of aromatic nitrogens is 1. The van der Waals surface area contributed by atoms with E-state index in [0.717, 1.165) is 0 Å². The van der Waals surface area contributed by atoms with Crippen LogP contribution in [0.1, 0.15) is 5.56 Å². The zero-order valence-electron chi connectivity index (χ0n) is 8.70. The fourth-order valence-electron chi connectivity index (χ4n) is 1.66. The average molecular weight is 238 g/mol. The van der Waals surface area contributed by atoms with Crippen molar-refractivity contribution >= 4 is 5.69 Å². The van der Waals surface area contributed by atoms with Gasteiger partial charge in [-0.05, 0) is 29.3 Å². The topological polar surface area (TPSA) is 38.9 Å². The number of hydrogen-bond donors (Lipinski definition) is 1. The largest absolute Gasteiger partial charge is 0.418 e. The van der Waals surface area contributed by atoms with E-state index in [0.29, 0.717) is 5.56 Å². The van der Waals surface area contributed by atoms with Crippen LogP contribution >= 0.6 is 0 Å². The summed E-state index contributed by atoms with van der Waals surface area (Å²) in [5, 5.41) is 0. The van der Waals surface area contributed by atoms with Crippen LogP contribution in [0.3, 0.4) is 0 Å². The molecule has 0 atom stereocenters. The van der Waals surface area contributed by atoms with Crippen LogP contribution in [0.5, 0.6) is 0 Å². The van der Waals surface area contributed by atoms with Crippen molar-refractivity contribution in [3.8, 4) is 11.1 Å². The van der Waals surface area contributed by atoms with Crippen molar-refractivity contribution in [2.24, 2.45) is 0 Å². The van der Waals surface area contributed by atoms with E-state index < -0.39 is 11.7 Å². The monoisotopic (exact) mass is 238 g/mol. The van der Waals surface area contributed by atoms with Gasteiger partial charge in [-0.25, -0.2) is 0 Å². The maximum absolute atomic E-state index is 12.9. The van der Waals surface area contributed by atoms with Gasteiger partial charge in [0.25, 0.3) is 0 Å². The molecule has 0 aliphatic heterocycles. The van der Waals surface area contributed by atoms with Crippen LogP contribution in [0, 0.1) is 0 Å². The summed E-state index contributed by atoms with van der Waals surface area (Å²) in [6.07, 6.45) is -1.58. The Hall–Kier alpha value is -2.04. The van der Waals surface area contributed by atoms with Crippen LogP contribution in [0.2, 0.25) is 0 Å². The van der Waals surface area contributed by atoms with Crippen molar-refractivity contribution in [3.63, 3.8) is 0 Å². The first-order valence-electron chi connectivity index (χ1n) is 4.86. The van der Waals surface area contributed by atoms with Crippen molar-refractivity contribution in [1.29, 1.82) is 0 Å². The first-order chi connectivity index (χ1) is 8.00. The minimum absolute atomic E-state index is 0.0694. The van der Waals surface area contributed by atoms with Gasteiger partial charge in [0, 0.05) is 18.1 Å². The van der Waals surface area contributed by atoms with E-state index in [2.05, 4.69) is 4.98 Å². The molecule has 0 radical (unpaired) electrons. The summed E-state index contributed by atoms with van der Waals surface area (Å²) in [7, 11) is 0. The number of nitrogen functional groups attached to an aromatic ring is 1. The second-order valence-corrected chi connectivity index (χ2v) is 3.50. The van der Waals surface area contributed by atoms with Crippen LogP contribution in [-0.4, -0.2) is 4.98 Å². The molecule has 0 aliphatic carbocycles. The van der Waals surface area contributed by atoms with Crippen molar-refractivity contribution in [1.82, 2.24) is 4.98 Å². The first-order valence-corrected chi connectivity index (χ1v) is 4.86. The van der Waals surface area contributed by atoms with Gasteiger partial charge >= 0.3 is 6.18 Å². The summed E-state index contributed by atoms with van der Waals surface area (Å²) in [5.41, 5.74) is 4.85. The lowest BCUT2D eigenvalue weighted by Gasteiger charge is -2.15. The van der Waals surface area contributed by atoms with Crippen molar-refractivity contribution in [3.05, 3.63) is 48.3 Å². The lowest BCUT2D eigenvalue weighted by Crippen LogP contribution is -2.10. The zero-order chi connectivity index (χ0) is 12.5. The van der Waals surface area contributed by atoms with Crippen molar-refractivity contribution in [2.45, 2.75) is 6.18 Å². The zero-order valence-corrected chi connectivity index (χ0v) is 8.70. The fraction of sp³-hybridized carbons (Fsp3) is 0.0833. The second kappa shape index (κ2) is 4.08. The van der Waals surface area contributed by atoms with Gasteiger partial charge in [0.15, 0.2) is 0 Å². The molecular formula is C12H9F3N2. The molecule has 0 saturated heterocycles. The number of rotatable bonds is 1. The molecular weight excluding hydrogens is 229 g/mol. The number of nitrogens with zero attached hydrogens (tertiary/aromatic N) is 1. The number of halogens is 3. The molecule has 0 amide bonds. The lowest BCUT2D eigenvalue weighted by molar-refractivity contribution is -0.136. The highest BCUT2D eigenvalue weighted by molar-refractivity contribution is 5.73.